The quantitative estimate of drug-likeness (QED) is 0.0648. The van der Waals surface area contributed by atoms with Gasteiger partial charge < -0.3 is 37.2 Å². The number of Topliss-reactive ketones (excluding diaryl/α,β-unsaturated/α-hetero) is 3. The second kappa shape index (κ2) is 34.5. The summed E-state index contributed by atoms with van der Waals surface area (Å²) in [5.41, 5.74) is 2.14. The molecule has 3 aliphatic rings. The summed E-state index contributed by atoms with van der Waals surface area (Å²) in [6.45, 7) is 3.41. The SMILES string of the molecule is C.CN(c1ncnc2[nH]ccc12)N1CCCC(C(=O)CCC(F)(F)F)C1.CN(c1ncnc2[nH]ccc12)N1CCC[C@@H](C(=O)CCC(F)(F)F)C1.CN(c1ncnc2[nH]ccc12)N1CCC[C@H](C(=O)CCC(F)(F)F)C1.[CH3-].[CH3-].[CH3-].[W].[W].[W]. The second-order valence-electron chi connectivity index (χ2n) is 18.9. The van der Waals surface area contributed by atoms with Crippen LogP contribution in [-0.2, 0) is 77.6 Å². The first kappa shape index (κ1) is 77.6. The molecule has 3 fully saturated rings. The molecule has 6 aromatic rings. The standard InChI is InChI=1S/3C16H20F3N5O.CH4.3CH3.3W/c3*1-23(15-12-5-7-20-14(12)21-10-22-15)24-8-2-3-11(9-24)13(25)4-6-16(17,18)19;;;;;;;/h3*5,7,10-11H,2-4,6,8-9H2,1H3,(H,20,21,22);1H4;3*1H3;;;/q;;;;3*-1;;;/t2*11-;;;;;;;;/m10......../s1. The van der Waals surface area contributed by atoms with Crippen LogP contribution in [0.1, 0.15) is 84.5 Å². The molecule has 0 aromatic carbocycles. The molecule has 0 saturated carbocycles. The van der Waals surface area contributed by atoms with Crippen molar-refractivity contribution in [1.82, 2.24) is 59.9 Å². The van der Waals surface area contributed by atoms with Crippen LogP contribution in [-0.4, -0.2) is 156 Å². The van der Waals surface area contributed by atoms with Gasteiger partial charge in [0, 0.05) is 179 Å². The maximum atomic E-state index is 12.3. The molecule has 458 valence electrons. The summed E-state index contributed by atoms with van der Waals surface area (Å²) in [6.07, 6.45) is -3.48. The fourth-order valence-corrected chi connectivity index (χ4v) is 9.64. The Balaban J connectivity index is 0.00000115. The Hall–Kier alpha value is -4.42. The number of rotatable bonds is 15. The number of aromatic amines is 3. The Labute approximate surface area is 516 Å². The first-order chi connectivity index (χ1) is 35.5. The molecule has 1 unspecified atom stereocenters. The fourth-order valence-electron chi connectivity index (χ4n) is 9.64. The van der Waals surface area contributed by atoms with Crippen molar-refractivity contribution in [1.29, 1.82) is 0 Å². The van der Waals surface area contributed by atoms with Crippen LogP contribution in [0.25, 0.3) is 33.1 Å². The average Bonchev–Trinajstić information content (AvgIpc) is 4.20. The van der Waals surface area contributed by atoms with E-state index >= 15 is 0 Å². The summed E-state index contributed by atoms with van der Waals surface area (Å²) in [6, 6.07) is 5.62. The van der Waals surface area contributed by atoms with E-state index in [0.717, 1.165) is 55.1 Å². The van der Waals surface area contributed by atoms with E-state index in [0.29, 0.717) is 73.3 Å². The number of carbonyl (C=O) groups excluding carboxylic acids is 3. The van der Waals surface area contributed by atoms with Gasteiger partial charge >= 0.3 is 18.5 Å². The molecule has 0 radical (unpaired) electrons. The minimum absolute atomic E-state index is 0. The minimum Gasteiger partial charge on any atom is -0.358 e. The number of nitrogens with one attached hydrogen (secondary N) is 3. The van der Waals surface area contributed by atoms with Crippen molar-refractivity contribution < 1.29 is 117 Å². The van der Waals surface area contributed by atoms with Gasteiger partial charge in [-0.15, -0.1) is 0 Å². The number of alkyl halides is 9. The largest absolute Gasteiger partial charge is 0.389 e. The normalized spacial score (nSPS) is 17.6. The van der Waals surface area contributed by atoms with E-state index in [9.17, 15) is 53.9 Å². The molecule has 9 rings (SSSR count). The van der Waals surface area contributed by atoms with Gasteiger partial charge in [-0.05, 0) is 56.7 Å². The molecule has 3 N–H and O–H groups in total. The van der Waals surface area contributed by atoms with Crippen LogP contribution in [0.5, 0.6) is 0 Å². The number of H-pyrrole nitrogens is 3. The Morgan fingerprint density at radius 1 is 0.476 bits per heavy atom. The molecule has 3 aliphatic heterocycles. The Morgan fingerprint density at radius 2 is 0.720 bits per heavy atom. The molecule has 30 heteroatoms. The second-order valence-corrected chi connectivity index (χ2v) is 18.9. The zero-order chi connectivity index (χ0) is 54.1. The van der Waals surface area contributed by atoms with Crippen molar-refractivity contribution in [2.75, 3.05) is 75.4 Å². The number of carbonyl (C=O) groups is 3. The zero-order valence-corrected chi connectivity index (χ0v) is 54.7. The molecule has 3 saturated heterocycles. The van der Waals surface area contributed by atoms with Crippen LogP contribution in [0.4, 0.5) is 57.0 Å². The zero-order valence-electron chi connectivity index (χ0n) is 45.9. The predicted molar refractivity (Wildman–Crippen MR) is 287 cm³/mol. The van der Waals surface area contributed by atoms with Crippen LogP contribution < -0.4 is 15.0 Å². The number of piperidine rings is 3. The van der Waals surface area contributed by atoms with Gasteiger partial charge in [-0.2, -0.15) is 39.5 Å². The van der Waals surface area contributed by atoms with Crippen molar-refractivity contribution in [2.24, 2.45) is 17.8 Å². The summed E-state index contributed by atoms with van der Waals surface area (Å²) < 4.78 is 111. The maximum absolute atomic E-state index is 12.3. The van der Waals surface area contributed by atoms with Crippen molar-refractivity contribution in [3.05, 3.63) is 78.1 Å². The first-order valence-corrected chi connectivity index (χ1v) is 24.6. The number of fused-ring (bicyclic) bond motifs is 3. The fraction of sp³-hybridized carbons (Fsp3) is 0.538. The monoisotopic (exact) mass is 1680 g/mol. The van der Waals surface area contributed by atoms with Crippen molar-refractivity contribution in [2.45, 2.75) is 103 Å². The number of ketones is 3. The molecule has 0 amide bonds. The van der Waals surface area contributed by atoms with Crippen LogP contribution in [0.15, 0.2) is 55.8 Å². The van der Waals surface area contributed by atoms with E-state index in [-0.39, 0.29) is 128 Å². The molecule has 18 nitrogen and oxygen atoms in total. The third-order valence-corrected chi connectivity index (χ3v) is 13.7. The molecule has 9 heterocycles. The van der Waals surface area contributed by atoms with Gasteiger partial charge in [0.15, 0.2) is 17.5 Å². The predicted octanol–water partition coefficient (Wildman–Crippen LogP) is 10.8. The van der Waals surface area contributed by atoms with Gasteiger partial charge in [-0.1, -0.05) is 7.43 Å². The number of hydrogen-bond donors (Lipinski definition) is 3. The number of hydrazine groups is 3. The minimum atomic E-state index is -4.29. The Bertz CT molecular complexity index is 2550. The number of halogens is 9. The molecule has 0 aliphatic carbocycles. The van der Waals surface area contributed by atoms with E-state index in [1.807, 2.05) is 69.4 Å². The van der Waals surface area contributed by atoms with Gasteiger partial charge in [0.2, 0.25) is 0 Å². The topological polar surface area (TPSA) is 195 Å². The molecule has 6 aromatic heterocycles. The van der Waals surface area contributed by atoms with Crippen LogP contribution in [0.2, 0.25) is 0 Å². The van der Waals surface area contributed by atoms with Crippen LogP contribution in [0, 0.1) is 40.0 Å². The van der Waals surface area contributed by atoms with E-state index in [1.165, 1.54) is 19.0 Å². The third kappa shape index (κ3) is 21.6. The van der Waals surface area contributed by atoms with Gasteiger partial charge in [0.1, 0.15) is 53.3 Å². The summed E-state index contributed by atoms with van der Waals surface area (Å²) in [4.78, 5) is 70.9. The summed E-state index contributed by atoms with van der Waals surface area (Å²) in [7, 11) is 5.53. The smallest absolute Gasteiger partial charge is 0.358 e. The third-order valence-electron chi connectivity index (χ3n) is 13.7. The van der Waals surface area contributed by atoms with Gasteiger partial charge in [0.25, 0.3) is 0 Å². The van der Waals surface area contributed by atoms with Crippen molar-refractivity contribution in [3.63, 3.8) is 0 Å². The molecule has 82 heavy (non-hydrogen) atoms. The summed E-state index contributed by atoms with van der Waals surface area (Å²) in [5, 5.41) is 14.1. The Kier molecular flexibility index (Phi) is 32.7. The number of nitrogens with zero attached hydrogens (tertiary/aromatic N) is 12. The average molecular weight is 1680 g/mol. The molecule has 3 atom stereocenters. The summed E-state index contributed by atoms with van der Waals surface area (Å²) >= 11 is 0. The first-order valence-electron chi connectivity index (χ1n) is 24.6. The van der Waals surface area contributed by atoms with E-state index < -0.39 is 57.1 Å². The van der Waals surface area contributed by atoms with Crippen molar-refractivity contribution in [3.8, 4) is 0 Å². The maximum Gasteiger partial charge on any atom is 0.389 e. The molecular weight excluding hydrogens is 1610 g/mol. The Morgan fingerprint density at radius 3 is 0.951 bits per heavy atom. The number of anilines is 3. The molecule has 0 spiro atoms. The van der Waals surface area contributed by atoms with Crippen LogP contribution >= 0.6 is 0 Å². The van der Waals surface area contributed by atoms with Gasteiger partial charge in [-0.3, -0.25) is 29.4 Å². The van der Waals surface area contributed by atoms with Crippen LogP contribution in [0.3, 0.4) is 0 Å². The number of hydrogen-bond acceptors (Lipinski definition) is 15. The summed E-state index contributed by atoms with van der Waals surface area (Å²) in [5.74, 6) is 0.0462. The number of aromatic nitrogens is 9. The van der Waals surface area contributed by atoms with E-state index in [2.05, 4.69) is 44.9 Å². The van der Waals surface area contributed by atoms with E-state index in [1.54, 1.807) is 18.6 Å². The molecular formula is C52H73F9N15O3W3-3. The van der Waals surface area contributed by atoms with Gasteiger partial charge in [-0.25, -0.2) is 44.9 Å². The van der Waals surface area contributed by atoms with Crippen molar-refractivity contribution >= 4 is 67.9 Å². The van der Waals surface area contributed by atoms with Gasteiger partial charge in [0.05, 0.1) is 35.4 Å². The van der Waals surface area contributed by atoms with E-state index in [4.69, 9.17) is 0 Å². The molecule has 0 bridgehead atoms.